The Balaban J connectivity index is 1.30. The molecule has 7 nitrogen and oxygen atoms in total. The maximum Gasteiger partial charge on any atom is 0.255 e. The Morgan fingerprint density at radius 1 is 0.927 bits per heavy atom. The molecule has 3 aromatic rings. The van der Waals surface area contributed by atoms with Crippen LogP contribution in [0.1, 0.15) is 76.9 Å². The van der Waals surface area contributed by atoms with Crippen molar-refractivity contribution >= 4 is 17.5 Å². The Morgan fingerprint density at radius 3 is 2.34 bits per heavy atom. The lowest BCUT2D eigenvalue weighted by Gasteiger charge is -2.30. The van der Waals surface area contributed by atoms with Crippen LogP contribution in [0.4, 0.5) is 5.69 Å². The number of hydrogen-bond donors (Lipinski definition) is 2. The number of aryl methyl sites for hydroxylation is 1. The Kier molecular flexibility index (Phi) is 10.8. The van der Waals surface area contributed by atoms with Crippen molar-refractivity contribution < 1.29 is 19.1 Å². The summed E-state index contributed by atoms with van der Waals surface area (Å²) in [7, 11) is 3.32. The molecule has 1 aliphatic rings. The van der Waals surface area contributed by atoms with Gasteiger partial charge in [0.1, 0.15) is 0 Å². The molecule has 0 saturated heterocycles. The van der Waals surface area contributed by atoms with Gasteiger partial charge in [0.15, 0.2) is 11.5 Å². The monoisotopic (exact) mass is 557 g/mol. The maximum absolute atomic E-state index is 13.2. The van der Waals surface area contributed by atoms with Gasteiger partial charge in [0, 0.05) is 31.2 Å². The number of benzene rings is 3. The van der Waals surface area contributed by atoms with Crippen molar-refractivity contribution in [2.75, 3.05) is 32.6 Å². The highest BCUT2D eigenvalue weighted by Gasteiger charge is 2.21. The Labute approximate surface area is 244 Å². The van der Waals surface area contributed by atoms with E-state index in [2.05, 4.69) is 34.6 Å². The standard InChI is InChI=1S/C34H43N3O4/c1-5-6-7-10-25-13-15-26(16-14-25)33(38)36-30-12-9-8-11-29(30)34(39)35-24(2)17-19-37-20-18-27-21-31(40-3)32(41-4)22-28(27)23-37/h8-9,11-16,21-22,24H,5-7,10,17-20,23H2,1-4H3,(H,35,39)(H,36,38). The fourth-order valence-electron chi connectivity index (χ4n) is 5.27. The van der Waals surface area contributed by atoms with Crippen LogP contribution in [-0.4, -0.2) is 50.1 Å². The number of fused-ring (bicyclic) bond motifs is 1. The molecular weight excluding hydrogens is 514 g/mol. The van der Waals surface area contributed by atoms with E-state index < -0.39 is 0 Å². The van der Waals surface area contributed by atoms with E-state index in [0.29, 0.717) is 16.8 Å². The Morgan fingerprint density at radius 2 is 1.63 bits per heavy atom. The van der Waals surface area contributed by atoms with Crippen LogP contribution in [0.3, 0.4) is 0 Å². The number of carbonyl (C=O) groups is 2. The van der Waals surface area contributed by atoms with Gasteiger partial charge >= 0.3 is 0 Å². The number of ether oxygens (including phenoxy) is 2. The molecule has 0 fully saturated rings. The zero-order chi connectivity index (χ0) is 29.2. The maximum atomic E-state index is 13.2. The number of unbranched alkanes of at least 4 members (excludes halogenated alkanes) is 2. The largest absolute Gasteiger partial charge is 0.493 e. The first kappa shape index (κ1) is 30.1. The lowest BCUT2D eigenvalue weighted by molar-refractivity contribution is 0.0935. The average molecular weight is 558 g/mol. The first-order valence-electron chi connectivity index (χ1n) is 14.7. The third-order valence-electron chi connectivity index (χ3n) is 7.76. The third-order valence-corrected chi connectivity index (χ3v) is 7.76. The summed E-state index contributed by atoms with van der Waals surface area (Å²) in [5.74, 6) is 1.10. The van der Waals surface area contributed by atoms with E-state index >= 15 is 0 Å². The van der Waals surface area contributed by atoms with Gasteiger partial charge in [-0.25, -0.2) is 0 Å². The van der Waals surface area contributed by atoms with Crippen molar-refractivity contribution in [2.45, 2.75) is 65.0 Å². The van der Waals surface area contributed by atoms with Crippen molar-refractivity contribution in [3.05, 3.63) is 88.5 Å². The summed E-state index contributed by atoms with van der Waals surface area (Å²) in [6.07, 6.45) is 6.33. The summed E-state index contributed by atoms with van der Waals surface area (Å²) in [5, 5.41) is 6.06. The van der Waals surface area contributed by atoms with Gasteiger partial charge in [0.25, 0.3) is 11.8 Å². The highest BCUT2D eigenvalue weighted by Crippen LogP contribution is 2.33. The number of rotatable bonds is 13. The van der Waals surface area contributed by atoms with Gasteiger partial charge in [-0.3, -0.25) is 14.5 Å². The number of nitrogens with zero attached hydrogens (tertiary/aromatic N) is 1. The van der Waals surface area contributed by atoms with E-state index in [1.165, 1.54) is 29.5 Å². The molecule has 1 heterocycles. The predicted molar refractivity (Wildman–Crippen MR) is 164 cm³/mol. The molecule has 41 heavy (non-hydrogen) atoms. The third kappa shape index (κ3) is 8.10. The van der Waals surface area contributed by atoms with Crippen molar-refractivity contribution in [3.63, 3.8) is 0 Å². The van der Waals surface area contributed by atoms with Crippen LogP contribution in [0, 0.1) is 0 Å². The Hall–Kier alpha value is -3.84. The molecule has 2 N–H and O–H groups in total. The topological polar surface area (TPSA) is 79.9 Å². The molecule has 1 unspecified atom stereocenters. The number of amides is 2. The van der Waals surface area contributed by atoms with Crippen molar-refractivity contribution in [1.82, 2.24) is 10.2 Å². The second-order valence-corrected chi connectivity index (χ2v) is 10.8. The average Bonchev–Trinajstić information content (AvgIpc) is 2.99. The molecule has 3 aromatic carbocycles. The van der Waals surface area contributed by atoms with Crippen molar-refractivity contribution in [3.8, 4) is 11.5 Å². The number of nitrogens with one attached hydrogen (secondary N) is 2. The lowest BCUT2D eigenvalue weighted by atomic mass is 9.98. The minimum absolute atomic E-state index is 0.0293. The first-order valence-corrected chi connectivity index (χ1v) is 14.7. The van der Waals surface area contributed by atoms with Gasteiger partial charge in [-0.05, 0) is 85.7 Å². The summed E-state index contributed by atoms with van der Waals surface area (Å²) in [5.41, 5.74) is 5.32. The molecule has 2 amide bonds. The summed E-state index contributed by atoms with van der Waals surface area (Å²) >= 11 is 0. The summed E-state index contributed by atoms with van der Waals surface area (Å²) < 4.78 is 10.9. The number of hydrogen-bond acceptors (Lipinski definition) is 5. The second kappa shape index (κ2) is 14.7. The lowest BCUT2D eigenvalue weighted by Crippen LogP contribution is -2.38. The number of methoxy groups -OCH3 is 2. The van der Waals surface area contributed by atoms with Gasteiger partial charge in [-0.15, -0.1) is 0 Å². The number of carbonyl (C=O) groups excluding carboxylic acids is 2. The highest BCUT2D eigenvalue weighted by atomic mass is 16.5. The van der Waals surface area contributed by atoms with Crippen LogP contribution in [0.2, 0.25) is 0 Å². The molecule has 218 valence electrons. The van der Waals surface area contributed by atoms with E-state index in [1.807, 2.05) is 43.3 Å². The van der Waals surface area contributed by atoms with E-state index in [0.717, 1.165) is 56.8 Å². The van der Waals surface area contributed by atoms with Crippen LogP contribution >= 0.6 is 0 Å². The molecule has 0 saturated carbocycles. The Bertz CT molecular complexity index is 1320. The fourth-order valence-corrected chi connectivity index (χ4v) is 5.27. The fraction of sp³-hybridized carbons (Fsp3) is 0.412. The molecule has 0 spiro atoms. The second-order valence-electron chi connectivity index (χ2n) is 10.8. The molecule has 1 aliphatic heterocycles. The molecular formula is C34H43N3O4. The van der Waals surface area contributed by atoms with E-state index in [9.17, 15) is 9.59 Å². The van der Waals surface area contributed by atoms with Gasteiger partial charge in [0.05, 0.1) is 25.5 Å². The van der Waals surface area contributed by atoms with Crippen LogP contribution < -0.4 is 20.1 Å². The van der Waals surface area contributed by atoms with E-state index in [4.69, 9.17) is 9.47 Å². The van der Waals surface area contributed by atoms with Crippen LogP contribution in [0.25, 0.3) is 0 Å². The zero-order valence-corrected chi connectivity index (χ0v) is 24.8. The number of para-hydroxylation sites is 1. The molecule has 0 bridgehead atoms. The summed E-state index contributed by atoms with van der Waals surface area (Å²) in [6, 6.07) is 19.0. The smallest absolute Gasteiger partial charge is 0.255 e. The van der Waals surface area contributed by atoms with Gasteiger partial charge in [-0.2, -0.15) is 0 Å². The van der Waals surface area contributed by atoms with Crippen LogP contribution in [0.15, 0.2) is 60.7 Å². The van der Waals surface area contributed by atoms with Crippen molar-refractivity contribution in [1.29, 1.82) is 0 Å². The minimum Gasteiger partial charge on any atom is -0.493 e. The molecule has 0 radical (unpaired) electrons. The predicted octanol–water partition coefficient (Wildman–Crippen LogP) is 6.26. The van der Waals surface area contributed by atoms with Crippen LogP contribution in [-0.2, 0) is 19.4 Å². The molecule has 4 rings (SSSR count). The van der Waals surface area contributed by atoms with Crippen molar-refractivity contribution in [2.24, 2.45) is 0 Å². The quantitative estimate of drug-likeness (QED) is 0.243. The zero-order valence-electron chi connectivity index (χ0n) is 24.8. The van der Waals surface area contributed by atoms with E-state index in [-0.39, 0.29) is 17.9 Å². The molecule has 0 aliphatic carbocycles. The normalized spacial score (nSPS) is 13.7. The van der Waals surface area contributed by atoms with Gasteiger partial charge in [0.2, 0.25) is 0 Å². The highest BCUT2D eigenvalue weighted by molar-refractivity contribution is 6.09. The summed E-state index contributed by atoms with van der Waals surface area (Å²) in [4.78, 5) is 28.6. The number of anilines is 1. The molecule has 1 atom stereocenters. The first-order chi connectivity index (χ1) is 19.9. The minimum atomic E-state index is -0.224. The van der Waals surface area contributed by atoms with Crippen LogP contribution in [0.5, 0.6) is 11.5 Å². The molecule has 0 aromatic heterocycles. The van der Waals surface area contributed by atoms with Gasteiger partial charge in [-0.1, -0.05) is 44.0 Å². The SMILES string of the molecule is CCCCCc1ccc(C(=O)Nc2ccccc2C(=O)NC(C)CCN2CCc3cc(OC)c(OC)cc3C2)cc1. The van der Waals surface area contributed by atoms with E-state index in [1.54, 1.807) is 26.4 Å². The molecule has 7 heteroatoms. The van der Waals surface area contributed by atoms with Gasteiger partial charge < -0.3 is 20.1 Å². The summed E-state index contributed by atoms with van der Waals surface area (Å²) in [6.45, 7) is 6.87.